The largest absolute Gasteiger partial charge is 0.338 e. The van der Waals surface area contributed by atoms with Gasteiger partial charge in [0.05, 0.1) is 11.1 Å². The van der Waals surface area contributed by atoms with E-state index < -0.39 is 0 Å². The highest BCUT2D eigenvalue weighted by Gasteiger charge is 2.17. The monoisotopic (exact) mass is 321 g/mol. The molecule has 1 aromatic heterocycles. The molecule has 19 heavy (non-hydrogen) atoms. The first-order valence-electron chi connectivity index (χ1n) is 6.33. The second-order valence-electron chi connectivity index (χ2n) is 4.21. The van der Waals surface area contributed by atoms with Crippen LogP contribution < -0.4 is 0 Å². The number of carbonyl (C=O) groups is 1. The summed E-state index contributed by atoms with van der Waals surface area (Å²) in [5.74, 6) is 0.0207. The van der Waals surface area contributed by atoms with E-state index in [-0.39, 0.29) is 5.91 Å². The number of para-hydroxylation sites is 1. The SMILES string of the molecule is CCCN(CCBr)C(=O)c1cccc2nccnc12. The molecule has 0 aliphatic carbocycles. The van der Waals surface area contributed by atoms with Gasteiger partial charge in [0.25, 0.3) is 5.91 Å². The molecule has 0 atom stereocenters. The second kappa shape index (κ2) is 6.61. The Morgan fingerprint density at radius 2 is 2.05 bits per heavy atom. The molecule has 0 N–H and O–H groups in total. The smallest absolute Gasteiger partial charge is 0.256 e. The average molecular weight is 322 g/mol. The number of nitrogens with zero attached hydrogens (tertiary/aromatic N) is 3. The van der Waals surface area contributed by atoms with Crippen molar-refractivity contribution in [2.75, 3.05) is 18.4 Å². The number of halogens is 1. The Morgan fingerprint density at radius 3 is 2.79 bits per heavy atom. The molecule has 0 bridgehead atoms. The van der Waals surface area contributed by atoms with Gasteiger partial charge in [0.2, 0.25) is 0 Å². The lowest BCUT2D eigenvalue weighted by molar-refractivity contribution is 0.0768. The van der Waals surface area contributed by atoms with Gasteiger partial charge in [-0.2, -0.15) is 0 Å². The highest BCUT2D eigenvalue weighted by atomic mass is 79.9. The summed E-state index contributed by atoms with van der Waals surface area (Å²) in [6.07, 6.45) is 4.20. The van der Waals surface area contributed by atoms with Crippen LogP contribution in [0.25, 0.3) is 11.0 Å². The van der Waals surface area contributed by atoms with Crippen molar-refractivity contribution in [2.24, 2.45) is 0 Å². The zero-order chi connectivity index (χ0) is 13.7. The van der Waals surface area contributed by atoms with E-state index in [9.17, 15) is 4.79 Å². The summed E-state index contributed by atoms with van der Waals surface area (Å²) in [7, 11) is 0. The summed E-state index contributed by atoms with van der Waals surface area (Å²) in [5.41, 5.74) is 2.05. The van der Waals surface area contributed by atoms with Gasteiger partial charge in [-0.15, -0.1) is 0 Å². The number of benzene rings is 1. The summed E-state index contributed by atoms with van der Waals surface area (Å²) in [6.45, 7) is 3.52. The number of alkyl halides is 1. The molecule has 0 spiro atoms. The van der Waals surface area contributed by atoms with Crippen molar-refractivity contribution < 1.29 is 4.79 Å². The fourth-order valence-corrected chi connectivity index (χ4v) is 2.45. The van der Waals surface area contributed by atoms with Gasteiger partial charge in [-0.25, -0.2) is 0 Å². The number of hydrogen-bond donors (Lipinski definition) is 0. The zero-order valence-electron chi connectivity index (χ0n) is 10.8. The van der Waals surface area contributed by atoms with E-state index in [1.807, 2.05) is 23.1 Å². The van der Waals surface area contributed by atoms with Gasteiger partial charge in [0, 0.05) is 30.8 Å². The fourth-order valence-electron chi connectivity index (χ4n) is 2.02. The van der Waals surface area contributed by atoms with E-state index in [2.05, 4.69) is 32.8 Å². The Labute approximate surface area is 121 Å². The van der Waals surface area contributed by atoms with Crippen molar-refractivity contribution in [2.45, 2.75) is 13.3 Å². The molecule has 2 aromatic rings. The molecule has 4 nitrogen and oxygen atoms in total. The standard InChI is InChI=1S/C14H16BrN3O/c1-2-9-18(10-6-15)14(19)11-4-3-5-12-13(11)17-8-7-16-12/h3-5,7-8H,2,6,9-10H2,1H3. The van der Waals surface area contributed by atoms with E-state index in [0.29, 0.717) is 17.6 Å². The van der Waals surface area contributed by atoms with Gasteiger partial charge < -0.3 is 4.90 Å². The Kier molecular flexibility index (Phi) is 4.85. The van der Waals surface area contributed by atoms with Crippen molar-refractivity contribution in [3.8, 4) is 0 Å². The van der Waals surface area contributed by atoms with Crippen molar-refractivity contribution in [3.05, 3.63) is 36.2 Å². The molecule has 0 fully saturated rings. The molecule has 0 unspecified atom stereocenters. The van der Waals surface area contributed by atoms with Crippen LogP contribution >= 0.6 is 15.9 Å². The van der Waals surface area contributed by atoms with Crippen molar-refractivity contribution in [1.29, 1.82) is 0 Å². The lowest BCUT2D eigenvalue weighted by Crippen LogP contribution is -2.33. The van der Waals surface area contributed by atoms with Gasteiger partial charge in [0.1, 0.15) is 5.52 Å². The molecule has 0 aliphatic heterocycles. The highest BCUT2D eigenvalue weighted by molar-refractivity contribution is 9.09. The molecule has 1 heterocycles. The van der Waals surface area contributed by atoms with Crippen LogP contribution in [0.3, 0.4) is 0 Å². The number of fused-ring (bicyclic) bond motifs is 1. The van der Waals surface area contributed by atoms with Crippen LogP contribution in [0.1, 0.15) is 23.7 Å². The summed E-state index contributed by atoms with van der Waals surface area (Å²) >= 11 is 3.39. The first-order valence-corrected chi connectivity index (χ1v) is 7.45. The van der Waals surface area contributed by atoms with Crippen LogP contribution in [0.5, 0.6) is 0 Å². The van der Waals surface area contributed by atoms with Crippen LogP contribution in [-0.2, 0) is 0 Å². The summed E-state index contributed by atoms with van der Waals surface area (Å²) in [5, 5.41) is 0.773. The van der Waals surface area contributed by atoms with E-state index in [4.69, 9.17) is 0 Å². The molecule has 0 aliphatic rings. The van der Waals surface area contributed by atoms with Gasteiger partial charge >= 0.3 is 0 Å². The van der Waals surface area contributed by atoms with Crippen molar-refractivity contribution in [1.82, 2.24) is 14.9 Å². The predicted octanol–water partition coefficient (Wildman–Crippen LogP) is 2.88. The highest BCUT2D eigenvalue weighted by Crippen LogP contribution is 2.16. The van der Waals surface area contributed by atoms with Crippen LogP contribution in [-0.4, -0.2) is 39.2 Å². The molecular formula is C14H16BrN3O. The zero-order valence-corrected chi connectivity index (χ0v) is 12.4. The fraction of sp³-hybridized carbons (Fsp3) is 0.357. The maximum atomic E-state index is 12.6. The Morgan fingerprint density at radius 1 is 1.26 bits per heavy atom. The number of rotatable bonds is 5. The normalized spacial score (nSPS) is 10.6. The maximum Gasteiger partial charge on any atom is 0.256 e. The van der Waals surface area contributed by atoms with Crippen LogP contribution in [0, 0.1) is 0 Å². The lowest BCUT2D eigenvalue weighted by Gasteiger charge is -2.21. The summed E-state index contributed by atoms with van der Waals surface area (Å²) < 4.78 is 0. The third-order valence-corrected chi connectivity index (χ3v) is 3.22. The minimum atomic E-state index is 0.0207. The first-order chi connectivity index (χ1) is 9.27. The second-order valence-corrected chi connectivity index (χ2v) is 5.00. The molecule has 2 rings (SSSR count). The topological polar surface area (TPSA) is 46.1 Å². The number of aromatic nitrogens is 2. The van der Waals surface area contributed by atoms with E-state index in [0.717, 1.165) is 23.8 Å². The Balaban J connectivity index is 2.39. The Hall–Kier alpha value is -1.49. The maximum absolute atomic E-state index is 12.6. The average Bonchev–Trinajstić information content (AvgIpc) is 2.46. The first kappa shape index (κ1) is 13.9. The van der Waals surface area contributed by atoms with E-state index >= 15 is 0 Å². The molecule has 5 heteroatoms. The quantitative estimate of drug-likeness (QED) is 0.795. The number of amides is 1. The molecule has 1 aromatic carbocycles. The van der Waals surface area contributed by atoms with Gasteiger partial charge in [-0.3, -0.25) is 14.8 Å². The molecule has 100 valence electrons. The van der Waals surface area contributed by atoms with Gasteiger partial charge in [-0.1, -0.05) is 28.9 Å². The third kappa shape index (κ3) is 3.10. The van der Waals surface area contributed by atoms with Crippen LogP contribution in [0.15, 0.2) is 30.6 Å². The summed E-state index contributed by atoms with van der Waals surface area (Å²) in [4.78, 5) is 22.9. The Bertz CT molecular complexity index is 562. The molecule has 0 saturated heterocycles. The molecule has 0 radical (unpaired) electrons. The van der Waals surface area contributed by atoms with E-state index in [1.165, 1.54) is 0 Å². The summed E-state index contributed by atoms with van der Waals surface area (Å²) in [6, 6.07) is 5.53. The molecule has 0 saturated carbocycles. The van der Waals surface area contributed by atoms with Gasteiger partial charge in [-0.05, 0) is 18.6 Å². The molecular weight excluding hydrogens is 306 g/mol. The van der Waals surface area contributed by atoms with Crippen molar-refractivity contribution >= 4 is 32.9 Å². The lowest BCUT2D eigenvalue weighted by atomic mass is 10.1. The van der Waals surface area contributed by atoms with Crippen LogP contribution in [0.4, 0.5) is 0 Å². The predicted molar refractivity (Wildman–Crippen MR) is 79.5 cm³/mol. The van der Waals surface area contributed by atoms with Gasteiger partial charge in [0.15, 0.2) is 0 Å². The number of hydrogen-bond acceptors (Lipinski definition) is 3. The minimum absolute atomic E-state index is 0.0207. The third-order valence-electron chi connectivity index (χ3n) is 2.86. The number of carbonyl (C=O) groups excluding carboxylic acids is 1. The molecule has 1 amide bonds. The van der Waals surface area contributed by atoms with Crippen molar-refractivity contribution in [3.63, 3.8) is 0 Å². The van der Waals surface area contributed by atoms with Crippen LogP contribution in [0.2, 0.25) is 0 Å². The van der Waals surface area contributed by atoms with E-state index in [1.54, 1.807) is 12.4 Å². The minimum Gasteiger partial charge on any atom is -0.338 e.